The minimum absolute atomic E-state index is 0.289. The van der Waals surface area contributed by atoms with Gasteiger partial charge in [-0.25, -0.2) is 14.8 Å². The molecule has 0 aromatic carbocycles. The number of rotatable bonds is 2. The monoisotopic (exact) mass is 299 g/mol. The van der Waals surface area contributed by atoms with Crippen LogP contribution in [0, 0.1) is 0 Å². The summed E-state index contributed by atoms with van der Waals surface area (Å²) in [6.07, 6.45) is 4.85. The molecule has 0 N–H and O–H groups in total. The van der Waals surface area contributed by atoms with E-state index in [4.69, 9.17) is 4.74 Å². The van der Waals surface area contributed by atoms with E-state index in [0.717, 1.165) is 0 Å². The lowest BCUT2D eigenvalue weighted by Crippen LogP contribution is -2.05. The van der Waals surface area contributed by atoms with Gasteiger partial charge in [0.05, 0.1) is 18.3 Å². The molecular formula is C11H14BrN3O2. The maximum Gasteiger partial charge on any atom is 0.359 e. The molecule has 0 aliphatic carbocycles. The van der Waals surface area contributed by atoms with Crippen LogP contribution in [0.1, 0.15) is 31.3 Å². The van der Waals surface area contributed by atoms with Crippen molar-refractivity contribution in [2.24, 2.45) is 0 Å². The lowest BCUT2D eigenvalue weighted by Gasteiger charge is -1.98. The molecule has 0 spiro atoms. The van der Waals surface area contributed by atoms with E-state index in [1.54, 1.807) is 30.0 Å². The van der Waals surface area contributed by atoms with E-state index < -0.39 is 5.97 Å². The van der Waals surface area contributed by atoms with Crippen molar-refractivity contribution in [3.8, 4) is 0 Å². The molecule has 2 heterocycles. The molecule has 0 aliphatic heterocycles. The number of ether oxygens (including phenoxy) is 1. The highest BCUT2D eigenvalue weighted by atomic mass is 79.9. The van der Waals surface area contributed by atoms with E-state index in [-0.39, 0.29) is 5.69 Å². The number of hydrogen-bond donors (Lipinski definition) is 0. The minimum atomic E-state index is -0.427. The van der Waals surface area contributed by atoms with Gasteiger partial charge in [-0.3, -0.25) is 0 Å². The van der Waals surface area contributed by atoms with E-state index in [0.29, 0.717) is 16.7 Å². The van der Waals surface area contributed by atoms with E-state index in [1.165, 1.54) is 0 Å². The number of carbonyl (C=O) groups is 1. The normalized spacial score (nSPS) is 9.65. The standard InChI is InChI=1S/C9H8BrN3O2.C2H6/c1-2-15-9(14)8-6-3-11-7(10)4-13(6)5-12-8;1-2/h3-5H,2H2,1H3;1-2H3. The van der Waals surface area contributed by atoms with Crippen molar-refractivity contribution >= 4 is 27.4 Å². The van der Waals surface area contributed by atoms with Crippen molar-refractivity contribution < 1.29 is 9.53 Å². The fraction of sp³-hybridized carbons (Fsp3) is 0.364. The third kappa shape index (κ3) is 3.03. The predicted molar refractivity (Wildman–Crippen MR) is 68.0 cm³/mol. The van der Waals surface area contributed by atoms with Gasteiger partial charge in [0, 0.05) is 6.20 Å². The summed E-state index contributed by atoms with van der Waals surface area (Å²) in [5.74, 6) is -0.427. The minimum Gasteiger partial charge on any atom is -0.461 e. The summed E-state index contributed by atoms with van der Waals surface area (Å²) in [5, 5.41) is 0. The Hall–Kier alpha value is -1.43. The van der Waals surface area contributed by atoms with Gasteiger partial charge >= 0.3 is 5.97 Å². The van der Waals surface area contributed by atoms with E-state index in [2.05, 4.69) is 25.9 Å². The molecule has 2 aromatic heterocycles. The van der Waals surface area contributed by atoms with Crippen LogP contribution in [-0.2, 0) is 4.74 Å². The van der Waals surface area contributed by atoms with Gasteiger partial charge in [-0.2, -0.15) is 0 Å². The Morgan fingerprint density at radius 3 is 2.82 bits per heavy atom. The number of aromatic nitrogens is 3. The molecule has 2 rings (SSSR count). The van der Waals surface area contributed by atoms with Crippen LogP contribution in [0.3, 0.4) is 0 Å². The molecular weight excluding hydrogens is 286 g/mol. The summed E-state index contributed by atoms with van der Waals surface area (Å²) in [6, 6.07) is 0. The van der Waals surface area contributed by atoms with Crippen molar-refractivity contribution in [2.75, 3.05) is 6.61 Å². The smallest absolute Gasteiger partial charge is 0.359 e. The third-order valence-electron chi connectivity index (χ3n) is 1.86. The summed E-state index contributed by atoms with van der Waals surface area (Å²) >= 11 is 3.23. The van der Waals surface area contributed by atoms with Gasteiger partial charge in [-0.1, -0.05) is 13.8 Å². The van der Waals surface area contributed by atoms with Crippen LogP contribution >= 0.6 is 15.9 Å². The summed E-state index contributed by atoms with van der Waals surface area (Å²) < 4.78 is 7.27. The number of hydrogen-bond acceptors (Lipinski definition) is 4. The second kappa shape index (κ2) is 6.34. The Bertz CT molecular complexity index is 510. The predicted octanol–water partition coefficient (Wildman–Crippen LogP) is 2.69. The van der Waals surface area contributed by atoms with Crippen LogP contribution in [0.15, 0.2) is 23.3 Å². The molecule has 6 heteroatoms. The quantitative estimate of drug-likeness (QED) is 0.800. The number of esters is 1. The van der Waals surface area contributed by atoms with Crippen LogP contribution in [0.2, 0.25) is 0 Å². The summed E-state index contributed by atoms with van der Waals surface area (Å²) in [7, 11) is 0. The Morgan fingerprint density at radius 2 is 2.18 bits per heavy atom. The number of fused-ring (bicyclic) bond motifs is 1. The Morgan fingerprint density at radius 1 is 1.47 bits per heavy atom. The van der Waals surface area contributed by atoms with Gasteiger partial charge in [0.2, 0.25) is 0 Å². The zero-order valence-electron chi connectivity index (χ0n) is 9.98. The number of imidazole rings is 1. The fourth-order valence-electron chi connectivity index (χ4n) is 1.23. The first-order valence-corrected chi connectivity index (χ1v) is 6.17. The molecule has 17 heavy (non-hydrogen) atoms. The number of carbonyl (C=O) groups excluding carboxylic acids is 1. The average molecular weight is 300 g/mol. The van der Waals surface area contributed by atoms with Gasteiger partial charge in [0.25, 0.3) is 0 Å². The first kappa shape index (κ1) is 13.6. The third-order valence-corrected chi connectivity index (χ3v) is 2.27. The van der Waals surface area contributed by atoms with Gasteiger partial charge in [-0.05, 0) is 22.9 Å². The molecule has 2 aromatic rings. The summed E-state index contributed by atoms with van der Waals surface area (Å²) in [5.41, 5.74) is 0.925. The van der Waals surface area contributed by atoms with Crippen molar-refractivity contribution in [3.63, 3.8) is 0 Å². The first-order chi connectivity index (χ1) is 8.22. The molecule has 0 saturated carbocycles. The highest BCUT2D eigenvalue weighted by molar-refractivity contribution is 9.10. The number of halogens is 1. The molecule has 0 bridgehead atoms. The highest BCUT2D eigenvalue weighted by Gasteiger charge is 2.14. The number of nitrogens with zero attached hydrogens (tertiary/aromatic N) is 3. The van der Waals surface area contributed by atoms with Crippen molar-refractivity contribution in [2.45, 2.75) is 20.8 Å². The van der Waals surface area contributed by atoms with E-state index >= 15 is 0 Å². The molecule has 92 valence electrons. The van der Waals surface area contributed by atoms with Crippen molar-refractivity contribution in [1.29, 1.82) is 0 Å². The first-order valence-electron chi connectivity index (χ1n) is 5.37. The molecule has 0 fully saturated rings. The Kier molecular flexibility index (Phi) is 5.09. The van der Waals surface area contributed by atoms with Gasteiger partial charge < -0.3 is 9.14 Å². The largest absolute Gasteiger partial charge is 0.461 e. The highest BCUT2D eigenvalue weighted by Crippen LogP contribution is 2.12. The molecule has 0 amide bonds. The zero-order chi connectivity index (χ0) is 12.8. The average Bonchev–Trinajstić information content (AvgIpc) is 2.74. The van der Waals surface area contributed by atoms with Crippen molar-refractivity contribution in [1.82, 2.24) is 14.4 Å². The topological polar surface area (TPSA) is 56.5 Å². The Balaban J connectivity index is 0.000000686. The maximum absolute atomic E-state index is 11.5. The van der Waals surface area contributed by atoms with Gasteiger partial charge in [0.15, 0.2) is 5.69 Å². The molecule has 0 radical (unpaired) electrons. The van der Waals surface area contributed by atoms with Crippen LogP contribution in [0.25, 0.3) is 5.52 Å². The van der Waals surface area contributed by atoms with Gasteiger partial charge in [0.1, 0.15) is 10.9 Å². The molecule has 5 nitrogen and oxygen atoms in total. The lowest BCUT2D eigenvalue weighted by molar-refractivity contribution is 0.0522. The van der Waals surface area contributed by atoms with Gasteiger partial charge in [-0.15, -0.1) is 0 Å². The second-order valence-electron chi connectivity index (χ2n) is 2.82. The van der Waals surface area contributed by atoms with Crippen LogP contribution in [0.5, 0.6) is 0 Å². The zero-order valence-corrected chi connectivity index (χ0v) is 11.6. The summed E-state index contributed by atoms with van der Waals surface area (Å²) in [6.45, 7) is 6.09. The van der Waals surface area contributed by atoms with Crippen LogP contribution < -0.4 is 0 Å². The molecule has 0 atom stereocenters. The second-order valence-corrected chi connectivity index (χ2v) is 3.63. The van der Waals surface area contributed by atoms with Crippen LogP contribution in [-0.4, -0.2) is 26.9 Å². The summed E-state index contributed by atoms with van der Waals surface area (Å²) in [4.78, 5) is 19.5. The van der Waals surface area contributed by atoms with E-state index in [9.17, 15) is 4.79 Å². The van der Waals surface area contributed by atoms with E-state index in [1.807, 2.05) is 13.8 Å². The maximum atomic E-state index is 11.5. The molecule has 0 aliphatic rings. The van der Waals surface area contributed by atoms with Crippen LogP contribution in [0.4, 0.5) is 0 Å². The van der Waals surface area contributed by atoms with Crippen molar-refractivity contribution in [3.05, 3.63) is 29.0 Å². The fourth-order valence-corrected chi connectivity index (χ4v) is 1.55. The lowest BCUT2D eigenvalue weighted by atomic mass is 10.4. The SMILES string of the molecule is CC.CCOC(=O)c1ncn2cc(Br)ncc12. The molecule has 0 saturated heterocycles. The Labute approximate surface area is 108 Å². The molecule has 0 unspecified atom stereocenters.